The zero-order valence-electron chi connectivity index (χ0n) is 13.1. The second-order valence-corrected chi connectivity index (χ2v) is 6.54. The molecule has 0 atom stereocenters. The molecule has 0 fully saturated rings. The Labute approximate surface area is 139 Å². The number of nitrogens with zero attached hydrogens (tertiary/aromatic N) is 4. The van der Waals surface area contributed by atoms with E-state index in [9.17, 15) is 0 Å². The molecule has 23 heavy (non-hydrogen) atoms. The number of rotatable bonds is 2. The molecule has 0 saturated heterocycles. The number of guanidine groups is 1. The van der Waals surface area contributed by atoms with Gasteiger partial charge in [0.25, 0.3) is 0 Å². The van der Waals surface area contributed by atoms with Crippen LogP contribution in [0.5, 0.6) is 0 Å². The first-order valence-electron chi connectivity index (χ1n) is 7.77. The highest BCUT2D eigenvalue weighted by Gasteiger charge is 2.18. The van der Waals surface area contributed by atoms with E-state index in [0.717, 1.165) is 36.1 Å². The Balaban J connectivity index is 1.44. The maximum absolute atomic E-state index is 4.61. The monoisotopic (exact) mass is 325 g/mol. The Morgan fingerprint density at radius 1 is 1.35 bits per heavy atom. The number of hydrogen-bond acceptors (Lipinski definition) is 3. The SMILES string of the molecule is CN=C(NCc1cn2ccsc2n1)N1CCc2ccccc2C1. The molecule has 0 spiro atoms. The third-order valence-electron chi connectivity index (χ3n) is 4.21. The van der Waals surface area contributed by atoms with Crippen molar-refractivity contribution in [1.29, 1.82) is 0 Å². The molecule has 5 nitrogen and oxygen atoms in total. The van der Waals surface area contributed by atoms with Crippen LogP contribution in [0.2, 0.25) is 0 Å². The Kier molecular flexibility index (Phi) is 3.75. The molecule has 0 radical (unpaired) electrons. The van der Waals surface area contributed by atoms with Crippen LogP contribution in [0.1, 0.15) is 16.8 Å². The first kappa shape index (κ1) is 14.3. The van der Waals surface area contributed by atoms with Gasteiger partial charge in [0.2, 0.25) is 0 Å². The summed E-state index contributed by atoms with van der Waals surface area (Å²) in [6.45, 7) is 2.60. The summed E-state index contributed by atoms with van der Waals surface area (Å²) >= 11 is 1.65. The van der Waals surface area contributed by atoms with Gasteiger partial charge < -0.3 is 10.2 Å². The van der Waals surface area contributed by atoms with Crippen LogP contribution in [-0.2, 0) is 19.5 Å². The summed E-state index contributed by atoms with van der Waals surface area (Å²) in [5.41, 5.74) is 3.88. The predicted molar refractivity (Wildman–Crippen MR) is 93.8 cm³/mol. The van der Waals surface area contributed by atoms with E-state index >= 15 is 0 Å². The number of benzene rings is 1. The van der Waals surface area contributed by atoms with E-state index in [1.807, 2.05) is 18.6 Å². The lowest BCUT2D eigenvalue weighted by Crippen LogP contribution is -2.43. The van der Waals surface area contributed by atoms with Gasteiger partial charge in [0.05, 0.1) is 12.2 Å². The lowest BCUT2D eigenvalue weighted by molar-refractivity contribution is 0.378. The fourth-order valence-corrected chi connectivity index (χ4v) is 3.76. The van der Waals surface area contributed by atoms with Crippen molar-refractivity contribution in [2.75, 3.05) is 13.6 Å². The van der Waals surface area contributed by atoms with E-state index in [0.29, 0.717) is 6.54 Å². The summed E-state index contributed by atoms with van der Waals surface area (Å²) in [4.78, 5) is 12.4. The molecule has 0 amide bonds. The van der Waals surface area contributed by atoms with Crippen molar-refractivity contribution in [3.63, 3.8) is 0 Å². The van der Waals surface area contributed by atoms with Crippen LogP contribution >= 0.6 is 11.3 Å². The van der Waals surface area contributed by atoms with Crippen molar-refractivity contribution in [1.82, 2.24) is 19.6 Å². The molecule has 118 valence electrons. The number of imidazole rings is 1. The third-order valence-corrected chi connectivity index (χ3v) is 4.98. The van der Waals surface area contributed by atoms with E-state index in [1.54, 1.807) is 11.3 Å². The number of aliphatic imine (C=N–C) groups is 1. The summed E-state index contributed by atoms with van der Waals surface area (Å²) in [5, 5.41) is 5.49. The van der Waals surface area contributed by atoms with Gasteiger partial charge in [-0.05, 0) is 17.5 Å². The van der Waals surface area contributed by atoms with Gasteiger partial charge in [0.15, 0.2) is 10.9 Å². The Bertz CT molecular complexity index is 819. The Morgan fingerprint density at radius 3 is 3.04 bits per heavy atom. The second-order valence-electron chi connectivity index (χ2n) is 5.67. The second kappa shape index (κ2) is 6.04. The largest absolute Gasteiger partial charge is 0.351 e. The van der Waals surface area contributed by atoms with Crippen molar-refractivity contribution in [2.24, 2.45) is 4.99 Å². The van der Waals surface area contributed by atoms with Crippen LogP contribution in [0, 0.1) is 0 Å². The third kappa shape index (κ3) is 2.82. The van der Waals surface area contributed by atoms with Crippen molar-refractivity contribution in [2.45, 2.75) is 19.5 Å². The van der Waals surface area contributed by atoms with Gasteiger partial charge in [-0.1, -0.05) is 24.3 Å². The molecule has 0 saturated carbocycles. The highest BCUT2D eigenvalue weighted by molar-refractivity contribution is 7.15. The number of thiazole rings is 1. The van der Waals surface area contributed by atoms with Gasteiger partial charge in [0.1, 0.15) is 0 Å². The molecular weight excluding hydrogens is 306 g/mol. The first-order chi connectivity index (χ1) is 11.3. The molecule has 4 rings (SSSR count). The minimum absolute atomic E-state index is 0.694. The number of fused-ring (bicyclic) bond motifs is 2. The van der Waals surface area contributed by atoms with Gasteiger partial charge in [-0.25, -0.2) is 4.98 Å². The van der Waals surface area contributed by atoms with Crippen LogP contribution < -0.4 is 5.32 Å². The highest BCUT2D eigenvalue weighted by atomic mass is 32.1. The van der Waals surface area contributed by atoms with E-state index < -0.39 is 0 Å². The summed E-state index contributed by atoms with van der Waals surface area (Å²) in [6, 6.07) is 8.65. The Hall–Kier alpha value is -2.34. The van der Waals surface area contributed by atoms with Gasteiger partial charge in [-0.15, -0.1) is 11.3 Å². The molecule has 1 aliphatic rings. The molecule has 1 aliphatic heterocycles. The summed E-state index contributed by atoms with van der Waals surface area (Å²) in [6.07, 6.45) is 5.17. The van der Waals surface area contributed by atoms with Crippen LogP contribution in [0.15, 0.2) is 47.0 Å². The van der Waals surface area contributed by atoms with Gasteiger partial charge in [-0.2, -0.15) is 0 Å². The minimum Gasteiger partial charge on any atom is -0.351 e. The normalized spacial score (nSPS) is 15.0. The molecule has 0 bridgehead atoms. The van der Waals surface area contributed by atoms with E-state index in [4.69, 9.17) is 0 Å². The quantitative estimate of drug-likeness (QED) is 0.582. The fraction of sp³-hybridized carbons (Fsp3) is 0.294. The summed E-state index contributed by atoms with van der Waals surface area (Å²) in [5.74, 6) is 0.941. The van der Waals surface area contributed by atoms with E-state index in [1.165, 1.54) is 11.1 Å². The highest BCUT2D eigenvalue weighted by Crippen LogP contribution is 2.18. The molecule has 0 aliphatic carbocycles. The molecule has 0 unspecified atom stereocenters. The van der Waals surface area contributed by atoms with Crippen molar-refractivity contribution in [3.05, 3.63) is 58.9 Å². The maximum Gasteiger partial charge on any atom is 0.194 e. The van der Waals surface area contributed by atoms with Crippen LogP contribution in [0.4, 0.5) is 0 Å². The molecular formula is C17H19N5S. The maximum atomic E-state index is 4.61. The first-order valence-corrected chi connectivity index (χ1v) is 8.65. The topological polar surface area (TPSA) is 44.9 Å². The number of hydrogen-bond donors (Lipinski definition) is 1. The molecule has 3 aromatic rings. The van der Waals surface area contributed by atoms with Crippen molar-refractivity contribution < 1.29 is 0 Å². The average molecular weight is 325 g/mol. The number of aromatic nitrogens is 2. The molecule has 6 heteroatoms. The standard InChI is InChI=1S/C17H19N5S/c1-18-16(19-10-15-12-22-8-9-23-17(22)20-15)21-7-6-13-4-2-3-5-14(13)11-21/h2-5,8-9,12H,6-7,10-11H2,1H3,(H,18,19). The molecule has 3 heterocycles. The molecule has 1 N–H and O–H groups in total. The van der Waals surface area contributed by atoms with Crippen molar-refractivity contribution >= 4 is 22.3 Å². The van der Waals surface area contributed by atoms with Crippen molar-refractivity contribution in [3.8, 4) is 0 Å². The fourth-order valence-electron chi connectivity index (χ4n) is 3.04. The lowest BCUT2D eigenvalue weighted by Gasteiger charge is -2.31. The van der Waals surface area contributed by atoms with Gasteiger partial charge >= 0.3 is 0 Å². The summed E-state index contributed by atoms with van der Waals surface area (Å²) < 4.78 is 2.06. The molecule has 1 aromatic carbocycles. The predicted octanol–water partition coefficient (Wildman–Crippen LogP) is 2.53. The van der Waals surface area contributed by atoms with Crippen LogP contribution in [0.3, 0.4) is 0 Å². The lowest BCUT2D eigenvalue weighted by atomic mass is 10.0. The van der Waals surface area contributed by atoms with Crippen LogP contribution in [-0.4, -0.2) is 33.8 Å². The zero-order chi connectivity index (χ0) is 15.6. The van der Waals surface area contributed by atoms with E-state index in [2.05, 4.69) is 55.1 Å². The van der Waals surface area contributed by atoms with Gasteiger partial charge in [0, 0.05) is 37.9 Å². The zero-order valence-corrected chi connectivity index (χ0v) is 13.9. The summed E-state index contributed by atoms with van der Waals surface area (Å²) in [7, 11) is 1.84. The minimum atomic E-state index is 0.694. The van der Waals surface area contributed by atoms with E-state index in [-0.39, 0.29) is 0 Å². The Morgan fingerprint density at radius 2 is 2.22 bits per heavy atom. The van der Waals surface area contributed by atoms with Crippen LogP contribution in [0.25, 0.3) is 4.96 Å². The van der Waals surface area contributed by atoms with Gasteiger partial charge in [-0.3, -0.25) is 9.39 Å². The average Bonchev–Trinajstić information content (AvgIpc) is 3.17. The number of nitrogens with one attached hydrogen (secondary N) is 1. The molecule has 2 aromatic heterocycles. The smallest absolute Gasteiger partial charge is 0.194 e.